The Morgan fingerprint density at radius 1 is 1.36 bits per heavy atom. The van der Waals surface area contributed by atoms with Crippen molar-refractivity contribution in [2.24, 2.45) is 11.8 Å². The molecule has 1 saturated carbocycles. The Bertz CT molecular complexity index is 179. The monoisotopic (exact) mass is 199 g/mol. The zero-order valence-corrected chi connectivity index (χ0v) is 10.0. The Balaban J connectivity index is 2.58. The van der Waals surface area contributed by atoms with Gasteiger partial charge in [-0.2, -0.15) is 0 Å². The highest BCUT2D eigenvalue weighted by Gasteiger charge is 2.37. The van der Waals surface area contributed by atoms with Crippen molar-refractivity contribution in [1.82, 2.24) is 5.32 Å². The standard InChI is InChI=1S/C12H25NO/c1-5-13-12(3,4)10-7-6-9(2)8-11(10)14/h9-11,13-14H,5-8H2,1-4H3. The lowest BCUT2D eigenvalue weighted by molar-refractivity contribution is 0.00667. The molecule has 0 bridgehead atoms. The Kier molecular flexibility index (Phi) is 3.96. The van der Waals surface area contributed by atoms with E-state index in [4.69, 9.17) is 0 Å². The first-order chi connectivity index (χ1) is 6.47. The Labute approximate surface area is 88.1 Å². The second-order valence-electron chi connectivity index (χ2n) is 5.34. The van der Waals surface area contributed by atoms with Crippen LogP contribution >= 0.6 is 0 Å². The predicted molar refractivity (Wildman–Crippen MR) is 60.3 cm³/mol. The lowest BCUT2D eigenvalue weighted by Gasteiger charge is -2.42. The second-order valence-corrected chi connectivity index (χ2v) is 5.34. The molecule has 1 rings (SSSR count). The van der Waals surface area contributed by atoms with E-state index in [-0.39, 0.29) is 11.6 Å². The number of aliphatic hydroxyl groups is 1. The minimum atomic E-state index is -0.118. The number of rotatable bonds is 3. The third-order valence-electron chi connectivity index (χ3n) is 3.64. The minimum absolute atomic E-state index is 0.0777. The van der Waals surface area contributed by atoms with Crippen LogP contribution in [0.15, 0.2) is 0 Å². The summed E-state index contributed by atoms with van der Waals surface area (Å²) in [7, 11) is 0. The van der Waals surface area contributed by atoms with Crippen molar-refractivity contribution in [2.75, 3.05) is 6.54 Å². The molecule has 3 atom stereocenters. The number of aliphatic hydroxyl groups excluding tert-OH is 1. The minimum Gasteiger partial charge on any atom is -0.393 e. The molecule has 1 aliphatic carbocycles. The van der Waals surface area contributed by atoms with E-state index in [1.165, 1.54) is 6.42 Å². The van der Waals surface area contributed by atoms with Gasteiger partial charge in [0.1, 0.15) is 0 Å². The van der Waals surface area contributed by atoms with Gasteiger partial charge < -0.3 is 10.4 Å². The topological polar surface area (TPSA) is 32.3 Å². The van der Waals surface area contributed by atoms with Crippen LogP contribution in [0.5, 0.6) is 0 Å². The molecule has 0 aromatic rings. The average Bonchev–Trinajstić information content (AvgIpc) is 2.02. The predicted octanol–water partition coefficient (Wildman–Crippen LogP) is 2.17. The molecule has 1 aliphatic rings. The Hall–Kier alpha value is -0.0800. The van der Waals surface area contributed by atoms with E-state index in [0.717, 1.165) is 19.4 Å². The van der Waals surface area contributed by atoms with Crippen LogP contribution in [0.2, 0.25) is 0 Å². The van der Waals surface area contributed by atoms with Gasteiger partial charge in [0.25, 0.3) is 0 Å². The van der Waals surface area contributed by atoms with Crippen LogP contribution in [-0.4, -0.2) is 23.3 Å². The molecule has 3 unspecified atom stereocenters. The van der Waals surface area contributed by atoms with Crippen molar-refractivity contribution in [1.29, 1.82) is 0 Å². The van der Waals surface area contributed by atoms with E-state index in [1.54, 1.807) is 0 Å². The van der Waals surface area contributed by atoms with Gasteiger partial charge in [0.05, 0.1) is 6.10 Å². The third kappa shape index (κ3) is 2.71. The maximum Gasteiger partial charge on any atom is 0.0588 e. The van der Waals surface area contributed by atoms with Gasteiger partial charge in [-0.15, -0.1) is 0 Å². The van der Waals surface area contributed by atoms with Crippen LogP contribution in [0.3, 0.4) is 0 Å². The van der Waals surface area contributed by atoms with Gasteiger partial charge in [0.15, 0.2) is 0 Å². The second kappa shape index (κ2) is 4.63. The van der Waals surface area contributed by atoms with Crippen molar-refractivity contribution in [3.8, 4) is 0 Å². The summed E-state index contributed by atoms with van der Waals surface area (Å²) < 4.78 is 0. The van der Waals surface area contributed by atoms with Crippen LogP contribution < -0.4 is 5.32 Å². The van der Waals surface area contributed by atoms with Crippen molar-refractivity contribution < 1.29 is 5.11 Å². The molecule has 0 aliphatic heterocycles. The van der Waals surface area contributed by atoms with Crippen LogP contribution in [0.1, 0.15) is 47.0 Å². The summed E-state index contributed by atoms with van der Waals surface area (Å²) in [5.41, 5.74) is 0.0777. The van der Waals surface area contributed by atoms with Crippen molar-refractivity contribution in [3.63, 3.8) is 0 Å². The van der Waals surface area contributed by atoms with Crippen LogP contribution in [-0.2, 0) is 0 Å². The van der Waals surface area contributed by atoms with E-state index in [9.17, 15) is 5.11 Å². The Morgan fingerprint density at radius 3 is 2.50 bits per heavy atom. The smallest absolute Gasteiger partial charge is 0.0588 e. The summed E-state index contributed by atoms with van der Waals surface area (Å²) >= 11 is 0. The van der Waals surface area contributed by atoms with E-state index >= 15 is 0 Å². The lowest BCUT2D eigenvalue weighted by atomic mass is 9.72. The molecule has 2 nitrogen and oxygen atoms in total. The summed E-state index contributed by atoms with van der Waals surface area (Å²) in [6.45, 7) is 9.76. The summed E-state index contributed by atoms with van der Waals surface area (Å²) in [5.74, 6) is 1.11. The van der Waals surface area contributed by atoms with Gasteiger partial charge in [-0.1, -0.05) is 20.3 Å². The first-order valence-corrected chi connectivity index (χ1v) is 5.90. The molecule has 0 radical (unpaired) electrons. The fourth-order valence-corrected chi connectivity index (χ4v) is 2.78. The van der Waals surface area contributed by atoms with Crippen molar-refractivity contribution in [3.05, 3.63) is 0 Å². The highest BCUT2D eigenvalue weighted by Crippen LogP contribution is 2.35. The molecule has 0 heterocycles. The average molecular weight is 199 g/mol. The van der Waals surface area contributed by atoms with Gasteiger partial charge in [-0.25, -0.2) is 0 Å². The molecule has 2 heteroatoms. The summed E-state index contributed by atoms with van der Waals surface area (Å²) in [6, 6.07) is 0. The summed E-state index contributed by atoms with van der Waals surface area (Å²) in [5, 5.41) is 13.5. The lowest BCUT2D eigenvalue weighted by Crippen LogP contribution is -2.52. The van der Waals surface area contributed by atoms with E-state index < -0.39 is 0 Å². The zero-order valence-electron chi connectivity index (χ0n) is 10.0. The highest BCUT2D eigenvalue weighted by atomic mass is 16.3. The van der Waals surface area contributed by atoms with Crippen LogP contribution in [0.4, 0.5) is 0 Å². The summed E-state index contributed by atoms with van der Waals surface area (Å²) in [6.07, 6.45) is 3.27. The fourth-order valence-electron chi connectivity index (χ4n) is 2.78. The maximum atomic E-state index is 10.1. The molecule has 84 valence electrons. The molecule has 0 amide bonds. The molecule has 0 aromatic heterocycles. The fraction of sp³-hybridized carbons (Fsp3) is 1.00. The normalized spacial score (nSPS) is 34.5. The molecular formula is C12H25NO. The molecule has 14 heavy (non-hydrogen) atoms. The molecular weight excluding hydrogens is 174 g/mol. The maximum absolute atomic E-state index is 10.1. The highest BCUT2D eigenvalue weighted by molar-refractivity contribution is 4.93. The van der Waals surface area contributed by atoms with Crippen LogP contribution in [0, 0.1) is 11.8 Å². The van der Waals surface area contributed by atoms with E-state index in [2.05, 4.69) is 33.0 Å². The van der Waals surface area contributed by atoms with Gasteiger partial charge in [0, 0.05) is 11.5 Å². The van der Waals surface area contributed by atoms with Gasteiger partial charge in [-0.3, -0.25) is 0 Å². The SMILES string of the molecule is CCNC(C)(C)C1CCC(C)CC1O. The number of hydrogen-bond acceptors (Lipinski definition) is 2. The molecule has 0 aromatic carbocycles. The van der Waals surface area contributed by atoms with Crippen molar-refractivity contribution in [2.45, 2.75) is 58.6 Å². The molecule has 2 N–H and O–H groups in total. The van der Waals surface area contributed by atoms with Gasteiger partial charge >= 0.3 is 0 Å². The molecule has 0 saturated heterocycles. The molecule has 1 fully saturated rings. The van der Waals surface area contributed by atoms with Gasteiger partial charge in [0.2, 0.25) is 0 Å². The quantitative estimate of drug-likeness (QED) is 0.730. The third-order valence-corrected chi connectivity index (χ3v) is 3.64. The van der Waals surface area contributed by atoms with Gasteiger partial charge in [-0.05, 0) is 39.2 Å². The number of nitrogens with one attached hydrogen (secondary N) is 1. The zero-order chi connectivity index (χ0) is 10.8. The largest absolute Gasteiger partial charge is 0.393 e. The van der Waals surface area contributed by atoms with E-state index in [1.807, 2.05) is 0 Å². The van der Waals surface area contributed by atoms with Crippen LogP contribution in [0.25, 0.3) is 0 Å². The summed E-state index contributed by atoms with van der Waals surface area (Å²) in [4.78, 5) is 0. The van der Waals surface area contributed by atoms with E-state index in [0.29, 0.717) is 11.8 Å². The van der Waals surface area contributed by atoms with Crippen molar-refractivity contribution >= 4 is 0 Å². The first kappa shape index (κ1) is 12.0. The Morgan fingerprint density at radius 2 is 2.00 bits per heavy atom. The number of hydrogen-bond donors (Lipinski definition) is 2. The molecule has 0 spiro atoms. The first-order valence-electron chi connectivity index (χ1n) is 5.90.